The summed E-state index contributed by atoms with van der Waals surface area (Å²) < 4.78 is 17.1. The molecule has 3 amide bonds. The fourth-order valence-electron chi connectivity index (χ4n) is 5.74. The average molecular weight is 619 g/mol. The van der Waals surface area contributed by atoms with Crippen molar-refractivity contribution in [1.82, 2.24) is 15.1 Å². The number of nitrogens with one attached hydrogen (secondary N) is 1. The number of hydrogen-bond donors (Lipinski definition) is 1. The Kier molecular flexibility index (Phi) is 11.3. The maximum absolute atomic E-state index is 13.9. The van der Waals surface area contributed by atoms with Gasteiger partial charge in [0.2, 0.25) is 5.91 Å². The van der Waals surface area contributed by atoms with E-state index in [2.05, 4.69) is 11.4 Å². The lowest BCUT2D eigenvalue weighted by molar-refractivity contribution is -0.133. The van der Waals surface area contributed by atoms with E-state index in [4.69, 9.17) is 14.2 Å². The molecule has 10 heteroatoms. The number of carbonyl (C=O) groups excluding carboxylic acids is 3. The zero-order chi connectivity index (χ0) is 32.6. The van der Waals surface area contributed by atoms with Crippen LogP contribution in [0.3, 0.4) is 0 Å². The Hall–Kier alpha value is -4.26. The Balaban J connectivity index is 1.54. The summed E-state index contributed by atoms with van der Waals surface area (Å²) in [4.78, 5) is 42.4. The van der Waals surface area contributed by atoms with Gasteiger partial charge in [0.05, 0.1) is 18.8 Å². The summed E-state index contributed by atoms with van der Waals surface area (Å²) in [6.45, 7) is 11.2. The summed E-state index contributed by atoms with van der Waals surface area (Å²) in [5, 5.41) is 12.5. The number of rotatable bonds is 9. The molecule has 242 valence electrons. The molecule has 0 saturated carbocycles. The van der Waals surface area contributed by atoms with Crippen LogP contribution in [0.25, 0.3) is 11.1 Å². The van der Waals surface area contributed by atoms with Gasteiger partial charge in [-0.05, 0) is 95.0 Å². The van der Waals surface area contributed by atoms with Gasteiger partial charge in [0.1, 0.15) is 23.4 Å². The van der Waals surface area contributed by atoms with Crippen LogP contribution in [0.4, 0.5) is 9.59 Å². The molecule has 0 aromatic heterocycles. The molecule has 2 aromatic carbocycles. The van der Waals surface area contributed by atoms with Gasteiger partial charge >= 0.3 is 12.2 Å². The monoisotopic (exact) mass is 618 g/mol. The number of carbonyl (C=O) groups is 3. The zero-order valence-electron chi connectivity index (χ0n) is 27.1. The van der Waals surface area contributed by atoms with Crippen molar-refractivity contribution in [3.8, 4) is 22.9 Å². The van der Waals surface area contributed by atoms with Crippen molar-refractivity contribution in [3.63, 3.8) is 0 Å². The first kappa shape index (κ1) is 33.6. The number of hydrogen-bond acceptors (Lipinski definition) is 7. The molecule has 2 aromatic rings. The molecule has 0 bridgehead atoms. The smallest absolute Gasteiger partial charge is 0.410 e. The molecular formula is C35H46N4O6. The Labute approximate surface area is 266 Å². The molecule has 45 heavy (non-hydrogen) atoms. The maximum atomic E-state index is 13.9. The second-order valence-corrected chi connectivity index (χ2v) is 13.1. The number of ether oxygens (including phenoxy) is 3. The van der Waals surface area contributed by atoms with Gasteiger partial charge in [0.25, 0.3) is 0 Å². The number of amides is 3. The predicted molar refractivity (Wildman–Crippen MR) is 170 cm³/mol. The lowest BCUT2D eigenvalue weighted by Gasteiger charge is -2.31. The van der Waals surface area contributed by atoms with Gasteiger partial charge in [-0.15, -0.1) is 0 Å². The van der Waals surface area contributed by atoms with Crippen molar-refractivity contribution in [2.24, 2.45) is 5.92 Å². The van der Waals surface area contributed by atoms with Crippen molar-refractivity contribution in [3.05, 3.63) is 54.1 Å². The normalized spacial score (nSPS) is 17.8. The average Bonchev–Trinajstić information content (AvgIpc) is 3.48. The molecule has 2 fully saturated rings. The molecule has 0 radical (unpaired) electrons. The second kappa shape index (κ2) is 15.2. The van der Waals surface area contributed by atoms with E-state index in [1.807, 2.05) is 62.4 Å². The molecule has 2 aliphatic rings. The number of likely N-dealkylation sites (tertiary alicyclic amines) is 2. The van der Waals surface area contributed by atoms with Crippen LogP contribution < -0.4 is 10.1 Å². The van der Waals surface area contributed by atoms with Gasteiger partial charge < -0.3 is 29.3 Å². The van der Waals surface area contributed by atoms with Crippen LogP contribution in [0.15, 0.2) is 48.5 Å². The molecule has 0 spiro atoms. The third-order valence-electron chi connectivity index (χ3n) is 7.95. The summed E-state index contributed by atoms with van der Waals surface area (Å²) in [5.74, 6) is 0.635. The Morgan fingerprint density at radius 1 is 1.02 bits per heavy atom. The quantitative estimate of drug-likeness (QED) is 0.369. The van der Waals surface area contributed by atoms with Gasteiger partial charge in [-0.1, -0.05) is 36.4 Å². The highest BCUT2D eigenvalue weighted by Gasteiger charge is 2.35. The number of alkyl carbamates (subject to hydrolysis) is 1. The molecular weight excluding hydrogens is 572 g/mol. The fraction of sp³-hybridized carbons (Fsp3) is 0.543. The van der Waals surface area contributed by atoms with E-state index in [-0.39, 0.29) is 30.4 Å². The van der Waals surface area contributed by atoms with E-state index in [0.717, 1.165) is 36.0 Å². The number of benzene rings is 2. The molecule has 2 aliphatic heterocycles. The van der Waals surface area contributed by atoms with E-state index < -0.39 is 23.8 Å². The minimum Gasteiger partial charge on any atom is -0.493 e. The Morgan fingerprint density at radius 3 is 2.38 bits per heavy atom. The van der Waals surface area contributed by atoms with Crippen LogP contribution in [0.5, 0.6) is 5.75 Å². The summed E-state index contributed by atoms with van der Waals surface area (Å²) in [7, 11) is 0. The van der Waals surface area contributed by atoms with Crippen molar-refractivity contribution in [2.75, 3.05) is 26.2 Å². The van der Waals surface area contributed by atoms with Crippen LogP contribution in [0.1, 0.15) is 65.9 Å². The Bertz CT molecular complexity index is 1360. The molecule has 2 heterocycles. The predicted octanol–water partition coefficient (Wildman–Crippen LogP) is 5.94. The fourth-order valence-corrected chi connectivity index (χ4v) is 5.74. The third-order valence-corrected chi connectivity index (χ3v) is 7.95. The lowest BCUT2D eigenvalue weighted by Crippen LogP contribution is -2.51. The molecule has 2 atom stereocenters. The molecule has 2 saturated heterocycles. The maximum Gasteiger partial charge on any atom is 0.410 e. The summed E-state index contributed by atoms with van der Waals surface area (Å²) in [5.41, 5.74) is 1.97. The topological polar surface area (TPSA) is 121 Å². The van der Waals surface area contributed by atoms with E-state index >= 15 is 0 Å². The highest BCUT2D eigenvalue weighted by molar-refractivity contribution is 5.87. The third kappa shape index (κ3) is 9.61. The summed E-state index contributed by atoms with van der Waals surface area (Å²) in [6.07, 6.45) is 2.05. The summed E-state index contributed by atoms with van der Waals surface area (Å²) >= 11 is 0. The van der Waals surface area contributed by atoms with Crippen LogP contribution in [0, 0.1) is 17.2 Å². The SMILES string of the molecule is CC(C)OC(=O)N1CCC(COc2ccc(-c3ccccc3)c(C[C@H](NC(=O)OC(C)(C)C)C(=O)N3CCC[C@H]3C#N)c2)CC1. The van der Waals surface area contributed by atoms with Crippen LogP contribution in [0.2, 0.25) is 0 Å². The van der Waals surface area contributed by atoms with Crippen molar-refractivity contribution < 1.29 is 28.6 Å². The van der Waals surface area contributed by atoms with E-state index in [1.165, 1.54) is 0 Å². The van der Waals surface area contributed by atoms with Gasteiger partial charge in [-0.2, -0.15) is 5.26 Å². The van der Waals surface area contributed by atoms with E-state index in [0.29, 0.717) is 38.4 Å². The Morgan fingerprint density at radius 2 is 1.73 bits per heavy atom. The molecule has 0 aliphatic carbocycles. The van der Waals surface area contributed by atoms with Gasteiger partial charge in [0.15, 0.2) is 0 Å². The number of nitriles is 1. The number of nitrogens with zero attached hydrogens (tertiary/aromatic N) is 3. The lowest BCUT2D eigenvalue weighted by atomic mass is 9.94. The zero-order valence-corrected chi connectivity index (χ0v) is 27.1. The molecule has 10 nitrogen and oxygen atoms in total. The standard InChI is InChI=1S/C35H46N4O6/c1-24(2)44-34(42)38-18-15-25(16-19-38)23-43-29-13-14-30(26-10-7-6-8-11-26)27(20-29)21-31(37-33(41)45-35(3,4)5)32(40)39-17-9-12-28(39)22-36/h6-8,10-11,13-14,20,24-25,28,31H,9,12,15-19,21,23H2,1-5H3,(H,37,41)/t28-,31-/m0/s1. The first-order chi connectivity index (χ1) is 21.4. The van der Waals surface area contributed by atoms with Gasteiger partial charge in [0, 0.05) is 26.1 Å². The minimum absolute atomic E-state index is 0.149. The van der Waals surface area contributed by atoms with Crippen molar-refractivity contribution in [2.45, 2.75) is 90.5 Å². The summed E-state index contributed by atoms with van der Waals surface area (Å²) in [6, 6.07) is 16.4. The van der Waals surface area contributed by atoms with Crippen molar-refractivity contribution in [1.29, 1.82) is 5.26 Å². The highest BCUT2D eigenvalue weighted by Crippen LogP contribution is 2.30. The number of piperidine rings is 1. The largest absolute Gasteiger partial charge is 0.493 e. The molecule has 1 N–H and O–H groups in total. The second-order valence-electron chi connectivity index (χ2n) is 13.1. The van der Waals surface area contributed by atoms with Gasteiger partial charge in [-0.3, -0.25) is 4.79 Å². The first-order valence-electron chi connectivity index (χ1n) is 15.9. The van der Waals surface area contributed by atoms with Crippen molar-refractivity contribution >= 4 is 18.1 Å². The minimum atomic E-state index is -0.943. The molecule has 0 unspecified atom stereocenters. The van der Waals surface area contributed by atoms with Crippen LogP contribution in [-0.4, -0.2) is 77.9 Å². The van der Waals surface area contributed by atoms with Crippen LogP contribution in [-0.2, 0) is 20.7 Å². The van der Waals surface area contributed by atoms with E-state index in [1.54, 1.807) is 30.6 Å². The van der Waals surface area contributed by atoms with Gasteiger partial charge in [-0.25, -0.2) is 9.59 Å². The van der Waals surface area contributed by atoms with E-state index in [9.17, 15) is 19.6 Å². The van der Waals surface area contributed by atoms with Crippen LogP contribution >= 0.6 is 0 Å². The highest BCUT2D eigenvalue weighted by atomic mass is 16.6. The first-order valence-corrected chi connectivity index (χ1v) is 15.9. The molecule has 4 rings (SSSR count).